The molecular weight excluding hydrogens is 286 g/mol. The Morgan fingerprint density at radius 2 is 2.14 bits per heavy atom. The first-order chi connectivity index (χ1) is 9.88. The van der Waals surface area contributed by atoms with Crippen LogP contribution >= 0.6 is 11.3 Å². The first kappa shape index (κ1) is 15.4. The maximum absolute atomic E-state index is 11.3. The fourth-order valence-corrected chi connectivity index (χ4v) is 2.88. The minimum Gasteiger partial charge on any atom is -0.476 e. The fraction of sp³-hybridized carbons (Fsp3) is 0.400. The van der Waals surface area contributed by atoms with Gasteiger partial charge in [0.15, 0.2) is 5.69 Å². The van der Waals surface area contributed by atoms with Crippen molar-refractivity contribution in [1.29, 1.82) is 0 Å². The van der Waals surface area contributed by atoms with E-state index in [-0.39, 0.29) is 11.6 Å². The van der Waals surface area contributed by atoms with E-state index in [0.29, 0.717) is 18.1 Å². The molecule has 6 heteroatoms. The van der Waals surface area contributed by atoms with E-state index in [4.69, 9.17) is 0 Å². The summed E-state index contributed by atoms with van der Waals surface area (Å²) >= 11 is 1.71. The van der Waals surface area contributed by atoms with Crippen LogP contribution in [0.4, 0.5) is 5.69 Å². The number of nitrogens with zero attached hydrogens (tertiary/aromatic N) is 2. The summed E-state index contributed by atoms with van der Waals surface area (Å²) in [5.41, 5.74) is 1.73. The lowest BCUT2D eigenvalue weighted by Crippen LogP contribution is -2.11. The summed E-state index contributed by atoms with van der Waals surface area (Å²) in [6, 6.07) is 2.11. The molecule has 0 aliphatic rings. The average molecular weight is 305 g/mol. The molecule has 112 valence electrons. The van der Waals surface area contributed by atoms with Gasteiger partial charge in [0.25, 0.3) is 0 Å². The third-order valence-corrected chi connectivity index (χ3v) is 4.35. The predicted octanol–water partition coefficient (Wildman–Crippen LogP) is 3.59. The second kappa shape index (κ2) is 6.22. The van der Waals surface area contributed by atoms with Crippen molar-refractivity contribution in [2.45, 2.75) is 40.2 Å². The Morgan fingerprint density at radius 1 is 1.43 bits per heavy atom. The van der Waals surface area contributed by atoms with Gasteiger partial charge < -0.3 is 10.4 Å². The molecule has 2 rings (SSSR count). The van der Waals surface area contributed by atoms with E-state index < -0.39 is 5.97 Å². The molecular formula is C15H19N3O2S. The van der Waals surface area contributed by atoms with Gasteiger partial charge in [-0.1, -0.05) is 13.8 Å². The number of aromatic nitrogens is 2. The van der Waals surface area contributed by atoms with Crippen LogP contribution in [0.1, 0.15) is 51.4 Å². The van der Waals surface area contributed by atoms with Crippen molar-refractivity contribution in [1.82, 2.24) is 9.97 Å². The molecule has 0 spiro atoms. The van der Waals surface area contributed by atoms with Crippen LogP contribution in [0.5, 0.6) is 0 Å². The Hall–Kier alpha value is -1.95. The minimum absolute atomic E-state index is 0.0266. The summed E-state index contributed by atoms with van der Waals surface area (Å²) in [4.78, 5) is 22.1. The highest BCUT2D eigenvalue weighted by molar-refractivity contribution is 7.12. The number of aromatic carboxylic acids is 1. The zero-order chi connectivity index (χ0) is 15.6. The maximum Gasteiger partial charge on any atom is 0.356 e. The molecule has 0 fully saturated rings. The quantitative estimate of drug-likeness (QED) is 0.883. The van der Waals surface area contributed by atoms with Gasteiger partial charge >= 0.3 is 5.97 Å². The van der Waals surface area contributed by atoms with Gasteiger partial charge in [-0.15, -0.1) is 11.3 Å². The van der Waals surface area contributed by atoms with Gasteiger partial charge in [-0.05, 0) is 25.5 Å². The highest BCUT2D eigenvalue weighted by atomic mass is 32.1. The lowest BCUT2D eigenvalue weighted by molar-refractivity contribution is 0.0691. The zero-order valence-corrected chi connectivity index (χ0v) is 13.4. The molecule has 0 atom stereocenters. The number of hydrogen-bond donors (Lipinski definition) is 2. The number of carboxylic acid groups (broad SMARTS) is 1. The van der Waals surface area contributed by atoms with Gasteiger partial charge in [-0.25, -0.2) is 14.8 Å². The molecule has 0 saturated carbocycles. The molecule has 0 amide bonds. The summed E-state index contributed by atoms with van der Waals surface area (Å²) < 4.78 is 0. The normalized spacial score (nSPS) is 10.9. The molecule has 0 saturated heterocycles. The summed E-state index contributed by atoms with van der Waals surface area (Å²) in [6.45, 7) is 8.59. The topological polar surface area (TPSA) is 75.1 Å². The standard InChI is InChI=1S/C15H19N3O2S/c1-8(2)14-17-7-12(13(18-14)15(19)20)16-6-11-5-9(3)10(4)21-11/h5,7-8,16H,6H2,1-4H3,(H,19,20). The van der Waals surface area contributed by atoms with Crippen molar-refractivity contribution in [2.24, 2.45) is 0 Å². The van der Waals surface area contributed by atoms with Crippen molar-refractivity contribution < 1.29 is 9.90 Å². The minimum atomic E-state index is -1.04. The van der Waals surface area contributed by atoms with Crippen molar-refractivity contribution in [3.63, 3.8) is 0 Å². The fourth-order valence-electron chi connectivity index (χ4n) is 1.89. The lowest BCUT2D eigenvalue weighted by Gasteiger charge is -2.10. The van der Waals surface area contributed by atoms with Crippen molar-refractivity contribution in [2.75, 3.05) is 5.32 Å². The zero-order valence-electron chi connectivity index (χ0n) is 12.6. The molecule has 2 heterocycles. The summed E-state index contributed by atoms with van der Waals surface area (Å²) in [5, 5.41) is 12.4. The van der Waals surface area contributed by atoms with Crippen molar-refractivity contribution in [3.8, 4) is 0 Å². The molecule has 2 N–H and O–H groups in total. The Labute approximate surface area is 128 Å². The van der Waals surface area contributed by atoms with E-state index in [0.717, 1.165) is 4.88 Å². The first-order valence-corrected chi connectivity index (χ1v) is 7.60. The van der Waals surface area contributed by atoms with Crippen LogP contribution in [0.25, 0.3) is 0 Å². The largest absolute Gasteiger partial charge is 0.476 e. The van der Waals surface area contributed by atoms with E-state index in [1.165, 1.54) is 10.4 Å². The number of aryl methyl sites for hydroxylation is 2. The van der Waals surface area contributed by atoms with Crippen LogP contribution in [0.15, 0.2) is 12.3 Å². The smallest absolute Gasteiger partial charge is 0.356 e. The third kappa shape index (κ3) is 3.58. The summed E-state index contributed by atoms with van der Waals surface area (Å²) in [6.07, 6.45) is 1.55. The number of thiophene rings is 1. The van der Waals surface area contributed by atoms with Gasteiger partial charge in [0.05, 0.1) is 11.9 Å². The van der Waals surface area contributed by atoms with E-state index in [1.54, 1.807) is 17.5 Å². The summed E-state index contributed by atoms with van der Waals surface area (Å²) in [5.74, 6) is -0.402. The van der Waals surface area contributed by atoms with Gasteiger partial charge in [0.2, 0.25) is 0 Å². The molecule has 0 aliphatic carbocycles. The van der Waals surface area contributed by atoms with E-state index in [2.05, 4.69) is 35.2 Å². The second-order valence-corrected chi connectivity index (χ2v) is 6.60. The van der Waals surface area contributed by atoms with Crippen LogP contribution < -0.4 is 5.32 Å². The highest BCUT2D eigenvalue weighted by Gasteiger charge is 2.15. The molecule has 0 aromatic carbocycles. The van der Waals surface area contributed by atoms with Gasteiger partial charge in [-0.3, -0.25) is 0 Å². The number of nitrogens with one attached hydrogen (secondary N) is 1. The molecule has 2 aromatic heterocycles. The molecule has 5 nitrogen and oxygen atoms in total. The third-order valence-electron chi connectivity index (χ3n) is 3.20. The van der Waals surface area contributed by atoms with Crippen LogP contribution in [0.2, 0.25) is 0 Å². The summed E-state index contributed by atoms with van der Waals surface area (Å²) in [7, 11) is 0. The highest BCUT2D eigenvalue weighted by Crippen LogP contribution is 2.23. The van der Waals surface area contributed by atoms with E-state index >= 15 is 0 Å². The Morgan fingerprint density at radius 3 is 2.67 bits per heavy atom. The number of carbonyl (C=O) groups is 1. The lowest BCUT2D eigenvalue weighted by atomic mass is 10.2. The maximum atomic E-state index is 11.3. The van der Waals surface area contributed by atoms with Gasteiger partial charge in [0.1, 0.15) is 5.82 Å². The molecule has 0 radical (unpaired) electrons. The van der Waals surface area contributed by atoms with E-state index in [1.807, 2.05) is 13.8 Å². The monoisotopic (exact) mass is 305 g/mol. The average Bonchev–Trinajstić information content (AvgIpc) is 2.75. The Balaban J connectivity index is 2.21. The predicted molar refractivity (Wildman–Crippen MR) is 84.2 cm³/mol. The number of anilines is 1. The van der Waals surface area contributed by atoms with Gasteiger partial charge in [0, 0.05) is 22.2 Å². The molecule has 0 aliphatic heterocycles. The van der Waals surface area contributed by atoms with Crippen LogP contribution in [-0.2, 0) is 6.54 Å². The molecule has 21 heavy (non-hydrogen) atoms. The second-order valence-electron chi connectivity index (χ2n) is 5.26. The van der Waals surface area contributed by atoms with E-state index in [9.17, 15) is 9.90 Å². The van der Waals surface area contributed by atoms with Gasteiger partial charge in [-0.2, -0.15) is 0 Å². The number of rotatable bonds is 5. The van der Waals surface area contributed by atoms with Crippen LogP contribution in [0.3, 0.4) is 0 Å². The van der Waals surface area contributed by atoms with Crippen LogP contribution in [0, 0.1) is 13.8 Å². The molecule has 0 unspecified atom stereocenters. The Kier molecular flexibility index (Phi) is 4.57. The Bertz CT molecular complexity index is 645. The van der Waals surface area contributed by atoms with Crippen molar-refractivity contribution >= 4 is 23.0 Å². The van der Waals surface area contributed by atoms with Crippen LogP contribution in [-0.4, -0.2) is 21.0 Å². The number of hydrogen-bond acceptors (Lipinski definition) is 5. The number of carboxylic acids is 1. The molecule has 2 aromatic rings. The SMILES string of the molecule is Cc1cc(CNc2cnc(C(C)C)nc2C(=O)O)sc1C. The first-order valence-electron chi connectivity index (χ1n) is 6.78. The van der Waals surface area contributed by atoms with Crippen molar-refractivity contribution in [3.05, 3.63) is 39.1 Å². The molecule has 0 bridgehead atoms.